The fourth-order valence-electron chi connectivity index (χ4n) is 2.80. The van der Waals surface area contributed by atoms with Gasteiger partial charge >= 0.3 is 0 Å². The number of carbonyl (C=O) groups excluding carboxylic acids is 1. The van der Waals surface area contributed by atoms with Crippen LogP contribution in [-0.2, 0) is 6.54 Å². The molecular formula is C21H13BrCl2N2OS. The Morgan fingerprint density at radius 1 is 1.04 bits per heavy atom. The van der Waals surface area contributed by atoms with Gasteiger partial charge < -0.3 is 0 Å². The van der Waals surface area contributed by atoms with E-state index in [2.05, 4.69) is 20.9 Å². The summed E-state index contributed by atoms with van der Waals surface area (Å²) in [5.74, 6) is -0.241. The van der Waals surface area contributed by atoms with Crippen LogP contribution in [0.5, 0.6) is 0 Å². The summed E-state index contributed by atoms with van der Waals surface area (Å²) < 4.78 is 1.96. The van der Waals surface area contributed by atoms with E-state index in [1.807, 2.05) is 48.5 Å². The first-order chi connectivity index (χ1) is 13.5. The largest absolute Gasteiger partial charge is 0.279 e. The van der Waals surface area contributed by atoms with Gasteiger partial charge in [-0.25, -0.2) is 4.98 Å². The van der Waals surface area contributed by atoms with Gasteiger partial charge in [0.1, 0.15) is 0 Å². The molecule has 0 aliphatic heterocycles. The molecule has 0 N–H and O–H groups in total. The van der Waals surface area contributed by atoms with Crippen LogP contribution in [-0.4, -0.2) is 10.9 Å². The fraction of sp³-hybridized carbons (Fsp3) is 0.0476. The second-order valence-corrected chi connectivity index (χ2v) is 8.88. The first-order valence-electron chi connectivity index (χ1n) is 8.38. The van der Waals surface area contributed by atoms with Crippen molar-refractivity contribution in [2.45, 2.75) is 6.54 Å². The van der Waals surface area contributed by atoms with Crippen molar-refractivity contribution in [3.05, 3.63) is 92.4 Å². The molecule has 1 aromatic heterocycles. The van der Waals surface area contributed by atoms with Crippen molar-refractivity contribution in [1.82, 2.24) is 4.98 Å². The molecule has 0 aliphatic carbocycles. The molecule has 0 bridgehead atoms. The third-order valence-electron chi connectivity index (χ3n) is 4.16. The smallest absolute Gasteiger partial charge is 0.261 e. The van der Waals surface area contributed by atoms with Crippen LogP contribution in [0, 0.1) is 0 Å². The van der Waals surface area contributed by atoms with Crippen molar-refractivity contribution < 1.29 is 4.79 Å². The summed E-state index contributed by atoms with van der Waals surface area (Å²) in [6.07, 6.45) is 0. The Morgan fingerprint density at radius 2 is 1.82 bits per heavy atom. The van der Waals surface area contributed by atoms with Crippen LogP contribution in [0.1, 0.15) is 15.9 Å². The van der Waals surface area contributed by atoms with Crippen LogP contribution in [0.25, 0.3) is 10.2 Å². The topological polar surface area (TPSA) is 33.2 Å². The van der Waals surface area contributed by atoms with Gasteiger partial charge in [-0.05, 0) is 42.0 Å². The number of nitrogens with zero attached hydrogens (tertiary/aromatic N) is 2. The van der Waals surface area contributed by atoms with Crippen molar-refractivity contribution in [2.24, 2.45) is 0 Å². The summed E-state index contributed by atoms with van der Waals surface area (Å²) in [5, 5.41) is 1.43. The Balaban J connectivity index is 1.80. The third-order valence-corrected chi connectivity index (χ3v) is 6.26. The molecule has 3 aromatic carbocycles. The molecule has 140 valence electrons. The molecule has 0 radical (unpaired) electrons. The standard InChI is InChI=1S/C21H13BrCl2N2OS/c22-14-6-9-18-19(10-14)28-21(25-18)26(12-13-4-2-1-3-5-13)20(27)16-11-15(23)7-8-17(16)24/h1-11H,12H2. The van der Waals surface area contributed by atoms with E-state index in [1.54, 1.807) is 23.1 Å². The maximum Gasteiger partial charge on any atom is 0.261 e. The molecule has 4 aromatic rings. The SMILES string of the molecule is O=C(c1cc(Cl)ccc1Cl)N(Cc1ccccc1)c1nc2ccc(Br)cc2s1. The van der Waals surface area contributed by atoms with Crippen molar-refractivity contribution >= 4 is 71.7 Å². The molecule has 0 spiro atoms. The average Bonchev–Trinajstić information content (AvgIpc) is 3.11. The molecule has 4 rings (SSSR count). The predicted molar refractivity (Wildman–Crippen MR) is 121 cm³/mol. The summed E-state index contributed by atoms with van der Waals surface area (Å²) in [6, 6.07) is 20.5. The van der Waals surface area contributed by atoms with E-state index in [4.69, 9.17) is 23.2 Å². The van der Waals surface area contributed by atoms with Crippen LogP contribution in [0.3, 0.4) is 0 Å². The highest BCUT2D eigenvalue weighted by atomic mass is 79.9. The lowest BCUT2D eigenvalue weighted by Crippen LogP contribution is -2.30. The highest BCUT2D eigenvalue weighted by Gasteiger charge is 2.24. The number of aromatic nitrogens is 1. The van der Waals surface area contributed by atoms with E-state index < -0.39 is 0 Å². The Hall–Kier alpha value is -1.92. The van der Waals surface area contributed by atoms with Gasteiger partial charge in [-0.2, -0.15) is 0 Å². The van der Waals surface area contributed by atoms with Gasteiger partial charge in [-0.3, -0.25) is 9.69 Å². The third kappa shape index (κ3) is 4.08. The summed E-state index contributed by atoms with van der Waals surface area (Å²) in [6.45, 7) is 0.378. The van der Waals surface area contributed by atoms with Gasteiger partial charge in [0.25, 0.3) is 5.91 Å². The Bertz CT molecular complexity index is 1160. The summed E-state index contributed by atoms with van der Waals surface area (Å²) in [4.78, 5) is 19.7. The number of anilines is 1. The molecule has 28 heavy (non-hydrogen) atoms. The maximum absolute atomic E-state index is 13.4. The second kappa shape index (κ2) is 8.21. The predicted octanol–water partition coefficient (Wildman–Crippen LogP) is 7.21. The average molecular weight is 492 g/mol. The minimum Gasteiger partial charge on any atom is -0.279 e. The molecule has 0 atom stereocenters. The molecule has 0 saturated heterocycles. The van der Waals surface area contributed by atoms with Gasteiger partial charge in [0.15, 0.2) is 5.13 Å². The van der Waals surface area contributed by atoms with Crippen LogP contribution in [0.2, 0.25) is 10.0 Å². The minimum atomic E-state index is -0.241. The van der Waals surface area contributed by atoms with Gasteiger partial charge in [0, 0.05) is 9.50 Å². The molecule has 0 fully saturated rings. The maximum atomic E-state index is 13.4. The number of fused-ring (bicyclic) bond motifs is 1. The van der Waals surface area contributed by atoms with Crippen LogP contribution >= 0.6 is 50.5 Å². The monoisotopic (exact) mass is 490 g/mol. The molecule has 0 unspecified atom stereocenters. The van der Waals surface area contributed by atoms with E-state index in [0.29, 0.717) is 27.3 Å². The zero-order valence-electron chi connectivity index (χ0n) is 14.4. The number of rotatable bonds is 4. The lowest BCUT2D eigenvalue weighted by Gasteiger charge is -2.21. The van der Waals surface area contributed by atoms with E-state index in [1.165, 1.54) is 11.3 Å². The number of benzene rings is 3. The van der Waals surface area contributed by atoms with Gasteiger partial charge in [-0.1, -0.05) is 80.8 Å². The number of amides is 1. The van der Waals surface area contributed by atoms with E-state index in [9.17, 15) is 4.79 Å². The number of hydrogen-bond donors (Lipinski definition) is 0. The zero-order chi connectivity index (χ0) is 19.7. The Kier molecular flexibility index (Phi) is 5.69. The molecule has 1 heterocycles. The van der Waals surface area contributed by atoms with Crippen molar-refractivity contribution in [2.75, 3.05) is 4.90 Å². The minimum absolute atomic E-state index is 0.241. The lowest BCUT2D eigenvalue weighted by atomic mass is 10.1. The van der Waals surface area contributed by atoms with Gasteiger partial charge in [0.2, 0.25) is 0 Å². The Morgan fingerprint density at radius 3 is 2.61 bits per heavy atom. The zero-order valence-corrected chi connectivity index (χ0v) is 18.3. The second-order valence-electron chi connectivity index (χ2n) is 6.11. The van der Waals surface area contributed by atoms with Gasteiger partial charge in [-0.15, -0.1) is 0 Å². The molecule has 3 nitrogen and oxygen atoms in total. The number of thiazole rings is 1. The molecular weight excluding hydrogens is 479 g/mol. The Labute approximate surface area is 184 Å². The van der Waals surface area contributed by atoms with E-state index in [0.717, 1.165) is 20.3 Å². The normalized spacial score (nSPS) is 11.0. The van der Waals surface area contributed by atoms with Crippen LogP contribution in [0.15, 0.2) is 71.2 Å². The van der Waals surface area contributed by atoms with Crippen LogP contribution < -0.4 is 4.90 Å². The van der Waals surface area contributed by atoms with E-state index in [-0.39, 0.29) is 5.91 Å². The van der Waals surface area contributed by atoms with Crippen LogP contribution in [0.4, 0.5) is 5.13 Å². The summed E-state index contributed by atoms with van der Waals surface area (Å²) >= 11 is 17.3. The highest BCUT2D eigenvalue weighted by Crippen LogP contribution is 2.33. The first-order valence-corrected chi connectivity index (χ1v) is 10.7. The van der Waals surface area contributed by atoms with Crippen molar-refractivity contribution in [3.8, 4) is 0 Å². The summed E-state index contributed by atoms with van der Waals surface area (Å²) in [7, 11) is 0. The quantitative estimate of drug-likeness (QED) is 0.302. The van der Waals surface area contributed by atoms with Crippen molar-refractivity contribution in [3.63, 3.8) is 0 Å². The molecule has 0 aliphatic rings. The van der Waals surface area contributed by atoms with Gasteiger partial charge in [0.05, 0.1) is 27.3 Å². The molecule has 1 amide bonds. The lowest BCUT2D eigenvalue weighted by molar-refractivity contribution is 0.0985. The summed E-state index contributed by atoms with van der Waals surface area (Å²) in [5.41, 5.74) is 2.19. The highest BCUT2D eigenvalue weighted by molar-refractivity contribution is 9.10. The van der Waals surface area contributed by atoms with Crippen molar-refractivity contribution in [1.29, 1.82) is 0 Å². The van der Waals surface area contributed by atoms with E-state index >= 15 is 0 Å². The molecule has 7 heteroatoms. The number of hydrogen-bond acceptors (Lipinski definition) is 3. The fourth-order valence-corrected chi connectivity index (χ4v) is 4.69. The molecule has 0 saturated carbocycles. The first kappa shape index (κ1) is 19.4. The number of carbonyl (C=O) groups is 1. The number of halogens is 3.